The normalized spacial score (nSPS) is 34.8. The number of hydrogen-bond donors (Lipinski definition) is 2. The number of amides is 1. The van der Waals surface area contributed by atoms with Gasteiger partial charge in [-0.3, -0.25) is 14.5 Å². The molecule has 1 aliphatic heterocycles. The Morgan fingerprint density at radius 2 is 1.81 bits per heavy atom. The van der Waals surface area contributed by atoms with Gasteiger partial charge in [-0.05, 0) is 51.4 Å². The van der Waals surface area contributed by atoms with Crippen LogP contribution in [-0.2, 0) is 9.59 Å². The van der Waals surface area contributed by atoms with Gasteiger partial charge in [-0.1, -0.05) is 12.8 Å². The van der Waals surface area contributed by atoms with Gasteiger partial charge in [0.15, 0.2) is 0 Å². The van der Waals surface area contributed by atoms with Crippen LogP contribution < -0.4 is 5.32 Å². The first-order valence-corrected chi connectivity index (χ1v) is 8.38. The van der Waals surface area contributed by atoms with Crippen molar-refractivity contribution in [2.24, 2.45) is 5.92 Å². The van der Waals surface area contributed by atoms with Crippen molar-refractivity contribution in [1.82, 2.24) is 10.2 Å². The lowest BCUT2D eigenvalue weighted by atomic mass is 9.75. The van der Waals surface area contributed by atoms with Crippen molar-refractivity contribution in [3.63, 3.8) is 0 Å². The molecular weight excluding hydrogens is 268 g/mol. The number of hydrogen-bond acceptors (Lipinski definition) is 3. The molecular formula is C16H26N2O3. The molecule has 0 spiro atoms. The Morgan fingerprint density at radius 1 is 1.10 bits per heavy atom. The second kappa shape index (κ2) is 5.95. The van der Waals surface area contributed by atoms with Crippen molar-refractivity contribution < 1.29 is 14.7 Å². The van der Waals surface area contributed by atoms with E-state index in [2.05, 4.69) is 5.32 Å². The van der Waals surface area contributed by atoms with E-state index in [1.807, 2.05) is 11.8 Å². The van der Waals surface area contributed by atoms with E-state index in [1.165, 1.54) is 12.8 Å². The third-order valence-electron chi connectivity index (χ3n) is 5.46. The molecule has 0 bridgehead atoms. The Balaban J connectivity index is 1.77. The number of nitrogens with zero attached hydrogens (tertiary/aromatic N) is 1. The molecule has 4 atom stereocenters. The van der Waals surface area contributed by atoms with E-state index in [-0.39, 0.29) is 18.0 Å². The highest BCUT2D eigenvalue weighted by atomic mass is 16.4. The molecule has 2 saturated carbocycles. The van der Waals surface area contributed by atoms with Crippen molar-refractivity contribution in [2.45, 2.75) is 82.5 Å². The summed E-state index contributed by atoms with van der Waals surface area (Å²) in [6.07, 6.45) is 8.42. The van der Waals surface area contributed by atoms with Crippen LogP contribution in [-0.4, -0.2) is 46.1 Å². The Hall–Kier alpha value is -1.10. The molecule has 0 aromatic heterocycles. The molecule has 3 aliphatic rings. The van der Waals surface area contributed by atoms with Gasteiger partial charge in [-0.15, -0.1) is 0 Å². The van der Waals surface area contributed by atoms with Gasteiger partial charge in [-0.25, -0.2) is 0 Å². The van der Waals surface area contributed by atoms with E-state index in [0.717, 1.165) is 32.1 Å². The maximum Gasteiger partial charge on any atom is 0.320 e. The first kappa shape index (κ1) is 14.8. The zero-order valence-electron chi connectivity index (χ0n) is 12.8. The average Bonchev–Trinajstić information content (AvgIpc) is 3.29. The number of piperidine rings is 1. The number of carboxylic acids is 1. The molecule has 4 unspecified atom stereocenters. The molecule has 2 N–H and O–H groups in total. The highest BCUT2D eigenvalue weighted by molar-refractivity contribution is 5.83. The highest BCUT2D eigenvalue weighted by Crippen LogP contribution is 2.39. The van der Waals surface area contributed by atoms with Crippen molar-refractivity contribution in [3.05, 3.63) is 0 Å². The third-order valence-corrected chi connectivity index (χ3v) is 5.46. The summed E-state index contributed by atoms with van der Waals surface area (Å²) in [7, 11) is 0. The van der Waals surface area contributed by atoms with E-state index >= 15 is 0 Å². The van der Waals surface area contributed by atoms with Crippen molar-refractivity contribution in [1.29, 1.82) is 0 Å². The number of carbonyl (C=O) groups is 2. The first-order chi connectivity index (χ1) is 10.1. The Kier molecular flexibility index (Phi) is 4.20. The van der Waals surface area contributed by atoms with Gasteiger partial charge < -0.3 is 10.4 Å². The SMILES string of the molecule is CC(C(=O)NC1CC1)N1C(C(=O)O)CCC2CCCCC21. The van der Waals surface area contributed by atoms with Gasteiger partial charge >= 0.3 is 5.97 Å². The molecule has 1 amide bonds. The van der Waals surface area contributed by atoms with E-state index < -0.39 is 12.0 Å². The first-order valence-electron chi connectivity index (χ1n) is 8.38. The highest BCUT2D eigenvalue weighted by Gasteiger charge is 2.45. The molecule has 0 aromatic rings. The van der Waals surface area contributed by atoms with Crippen molar-refractivity contribution >= 4 is 11.9 Å². The lowest BCUT2D eigenvalue weighted by Gasteiger charge is -2.49. The Bertz CT molecular complexity index is 422. The second-order valence-corrected chi connectivity index (χ2v) is 6.95. The standard InChI is InChI=1S/C16H26N2O3/c1-10(15(19)17-12-7-8-12)18-13-5-3-2-4-11(13)6-9-14(18)16(20)21/h10-14H,2-9H2,1H3,(H,17,19)(H,20,21). The molecule has 3 rings (SSSR count). The number of carbonyl (C=O) groups excluding carboxylic acids is 1. The zero-order valence-corrected chi connectivity index (χ0v) is 12.8. The van der Waals surface area contributed by atoms with Crippen LogP contribution in [0.2, 0.25) is 0 Å². The smallest absolute Gasteiger partial charge is 0.320 e. The van der Waals surface area contributed by atoms with Crippen LogP contribution in [0.1, 0.15) is 58.3 Å². The lowest BCUT2D eigenvalue weighted by molar-refractivity contribution is -0.152. The van der Waals surface area contributed by atoms with Crippen molar-refractivity contribution in [2.75, 3.05) is 0 Å². The number of nitrogens with one attached hydrogen (secondary N) is 1. The summed E-state index contributed by atoms with van der Waals surface area (Å²) in [4.78, 5) is 26.0. The number of likely N-dealkylation sites (tertiary alicyclic amines) is 1. The van der Waals surface area contributed by atoms with Crippen LogP contribution in [0, 0.1) is 5.92 Å². The minimum Gasteiger partial charge on any atom is -0.480 e. The second-order valence-electron chi connectivity index (χ2n) is 6.95. The molecule has 2 aliphatic carbocycles. The van der Waals surface area contributed by atoms with E-state index in [4.69, 9.17) is 0 Å². The van der Waals surface area contributed by atoms with Crippen molar-refractivity contribution in [3.8, 4) is 0 Å². The fourth-order valence-corrected chi connectivity index (χ4v) is 4.16. The lowest BCUT2D eigenvalue weighted by Crippen LogP contribution is -2.61. The third kappa shape index (κ3) is 3.07. The predicted molar refractivity (Wildman–Crippen MR) is 78.9 cm³/mol. The van der Waals surface area contributed by atoms with Gasteiger partial charge in [0.2, 0.25) is 5.91 Å². The minimum atomic E-state index is -0.773. The van der Waals surface area contributed by atoms with Crippen LogP contribution in [0.25, 0.3) is 0 Å². The Labute approximate surface area is 126 Å². The van der Waals surface area contributed by atoms with Gasteiger partial charge in [0.25, 0.3) is 0 Å². The summed E-state index contributed by atoms with van der Waals surface area (Å²) in [5.74, 6) is -0.189. The van der Waals surface area contributed by atoms with Gasteiger partial charge in [0.05, 0.1) is 6.04 Å². The van der Waals surface area contributed by atoms with E-state index in [9.17, 15) is 14.7 Å². The molecule has 0 radical (unpaired) electrons. The van der Waals surface area contributed by atoms with Gasteiger partial charge in [0.1, 0.15) is 6.04 Å². The molecule has 21 heavy (non-hydrogen) atoms. The van der Waals surface area contributed by atoms with E-state index in [0.29, 0.717) is 18.4 Å². The monoisotopic (exact) mass is 294 g/mol. The predicted octanol–water partition coefficient (Wildman–Crippen LogP) is 1.76. The quantitative estimate of drug-likeness (QED) is 0.829. The summed E-state index contributed by atoms with van der Waals surface area (Å²) < 4.78 is 0. The molecule has 5 heteroatoms. The fourth-order valence-electron chi connectivity index (χ4n) is 4.16. The Morgan fingerprint density at radius 3 is 2.48 bits per heavy atom. The molecule has 3 fully saturated rings. The molecule has 5 nitrogen and oxygen atoms in total. The summed E-state index contributed by atoms with van der Waals surface area (Å²) in [6, 6.07) is -0.231. The van der Waals surface area contributed by atoms with Crippen LogP contribution >= 0.6 is 0 Å². The van der Waals surface area contributed by atoms with Crippen LogP contribution in [0.3, 0.4) is 0 Å². The molecule has 118 valence electrons. The maximum atomic E-state index is 12.4. The maximum absolute atomic E-state index is 12.4. The summed E-state index contributed by atoms with van der Waals surface area (Å²) in [5, 5.41) is 12.6. The summed E-state index contributed by atoms with van der Waals surface area (Å²) >= 11 is 0. The largest absolute Gasteiger partial charge is 0.480 e. The summed E-state index contributed by atoms with van der Waals surface area (Å²) in [5.41, 5.74) is 0. The average molecular weight is 294 g/mol. The fraction of sp³-hybridized carbons (Fsp3) is 0.875. The minimum absolute atomic E-state index is 0.00923. The van der Waals surface area contributed by atoms with Crippen LogP contribution in [0.5, 0.6) is 0 Å². The number of aliphatic carboxylic acids is 1. The zero-order chi connectivity index (χ0) is 15.0. The van der Waals surface area contributed by atoms with Gasteiger partial charge in [-0.2, -0.15) is 0 Å². The molecule has 1 saturated heterocycles. The van der Waals surface area contributed by atoms with E-state index in [1.54, 1.807) is 0 Å². The van der Waals surface area contributed by atoms with Crippen LogP contribution in [0.4, 0.5) is 0 Å². The number of rotatable bonds is 4. The topological polar surface area (TPSA) is 69.6 Å². The van der Waals surface area contributed by atoms with Gasteiger partial charge in [0, 0.05) is 12.1 Å². The van der Waals surface area contributed by atoms with Crippen LogP contribution in [0.15, 0.2) is 0 Å². The molecule has 0 aromatic carbocycles. The number of carboxylic acid groups (broad SMARTS) is 1. The number of fused-ring (bicyclic) bond motifs is 1. The summed E-state index contributed by atoms with van der Waals surface area (Å²) in [6.45, 7) is 1.88. The molecule has 1 heterocycles.